The number of amides is 2. The lowest BCUT2D eigenvalue weighted by atomic mass is 10.1. The lowest BCUT2D eigenvalue weighted by Crippen LogP contribution is -2.51. The maximum absolute atomic E-state index is 12.2. The number of thiophene rings is 1. The van der Waals surface area contributed by atoms with Crippen LogP contribution in [-0.4, -0.2) is 60.8 Å². The maximum Gasteiger partial charge on any atom is 0.317 e. The Kier molecular flexibility index (Phi) is 5.00. The minimum Gasteiger partial charge on any atom is -0.375 e. The molecule has 3 heterocycles. The van der Waals surface area contributed by atoms with Gasteiger partial charge in [0.2, 0.25) is 0 Å². The van der Waals surface area contributed by atoms with Crippen LogP contribution in [0.5, 0.6) is 0 Å². The summed E-state index contributed by atoms with van der Waals surface area (Å²) in [5, 5.41) is 5.26. The van der Waals surface area contributed by atoms with E-state index in [1.165, 1.54) is 10.4 Å². The molecular weight excluding hydrogens is 298 g/mol. The highest BCUT2D eigenvalue weighted by molar-refractivity contribution is 7.10. The molecule has 3 rings (SSSR count). The molecule has 2 atom stereocenters. The molecule has 1 aromatic rings. The summed E-state index contributed by atoms with van der Waals surface area (Å²) in [4.78, 5) is 18.1. The van der Waals surface area contributed by atoms with Gasteiger partial charge in [-0.1, -0.05) is 0 Å². The van der Waals surface area contributed by atoms with Crippen LogP contribution in [0.2, 0.25) is 0 Å². The van der Waals surface area contributed by atoms with Crippen LogP contribution in [0, 0.1) is 0 Å². The number of rotatable bonds is 3. The standard InChI is InChI=1S/C16H25N3O2S/c1-12(18-5-3-15-14(11-18)4-8-22-15)9-17-16(20)19-6-7-21-13(2)10-19/h4,8,12-13H,3,5-7,9-11H2,1-2H3,(H,17,20)/t12-,13-/m1/s1. The number of ether oxygens (including phenoxy) is 1. The van der Waals surface area contributed by atoms with Gasteiger partial charge in [0, 0.05) is 43.6 Å². The Labute approximate surface area is 136 Å². The Bertz CT molecular complexity index is 519. The first-order chi connectivity index (χ1) is 10.6. The van der Waals surface area contributed by atoms with Gasteiger partial charge in [-0.2, -0.15) is 0 Å². The summed E-state index contributed by atoms with van der Waals surface area (Å²) in [7, 11) is 0. The number of fused-ring (bicyclic) bond motifs is 1. The quantitative estimate of drug-likeness (QED) is 0.924. The number of hydrogen-bond acceptors (Lipinski definition) is 4. The molecule has 5 nitrogen and oxygen atoms in total. The average molecular weight is 323 g/mol. The Morgan fingerprint density at radius 1 is 1.55 bits per heavy atom. The van der Waals surface area contributed by atoms with Gasteiger partial charge in [0.05, 0.1) is 12.7 Å². The largest absolute Gasteiger partial charge is 0.375 e. The smallest absolute Gasteiger partial charge is 0.317 e. The van der Waals surface area contributed by atoms with Crippen LogP contribution in [0.3, 0.4) is 0 Å². The van der Waals surface area contributed by atoms with Crippen molar-refractivity contribution in [2.24, 2.45) is 0 Å². The van der Waals surface area contributed by atoms with Crippen LogP contribution >= 0.6 is 11.3 Å². The van der Waals surface area contributed by atoms with Crippen molar-refractivity contribution < 1.29 is 9.53 Å². The Morgan fingerprint density at radius 3 is 3.23 bits per heavy atom. The number of nitrogens with zero attached hydrogens (tertiary/aromatic N) is 2. The fraction of sp³-hybridized carbons (Fsp3) is 0.688. The zero-order chi connectivity index (χ0) is 15.5. The summed E-state index contributed by atoms with van der Waals surface area (Å²) >= 11 is 1.86. The molecule has 0 aliphatic carbocycles. The molecular formula is C16H25N3O2S. The first-order valence-electron chi connectivity index (χ1n) is 8.07. The summed E-state index contributed by atoms with van der Waals surface area (Å²) < 4.78 is 5.48. The van der Waals surface area contributed by atoms with Crippen molar-refractivity contribution in [1.29, 1.82) is 0 Å². The number of hydrogen-bond donors (Lipinski definition) is 1. The molecule has 1 N–H and O–H groups in total. The molecule has 1 aromatic heterocycles. The lowest BCUT2D eigenvalue weighted by molar-refractivity contribution is -0.00369. The van der Waals surface area contributed by atoms with Crippen LogP contribution < -0.4 is 5.32 Å². The molecule has 22 heavy (non-hydrogen) atoms. The summed E-state index contributed by atoms with van der Waals surface area (Å²) in [5.74, 6) is 0. The van der Waals surface area contributed by atoms with Crippen LogP contribution in [0.15, 0.2) is 11.4 Å². The molecule has 2 aliphatic rings. The van der Waals surface area contributed by atoms with E-state index in [0.717, 1.165) is 19.5 Å². The minimum atomic E-state index is 0.0373. The van der Waals surface area contributed by atoms with Crippen molar-refractivity contribution in [1.82, 2.24) is 15.1 Å². The van der Waals surface area contributed by atoms with E-state index in [0.29, 0.717) is 32.3 Å². The van der Waals surface area contributed by atoms with Gasteiger partial charge >= 0.3 is 6.03 Å². The highest BCUT2D eigenvalue weighted by atomic mass is 32.1. The average Bonchev–Trinajstić information content (AvgIpc) is 2.99. The second-order valence-corrected chi connectivity index (χ2v) is 7.25. The second kappa shape index (κ2) is 6.98. The third-order valence-electron chi connectivity index (χ3n) is 4.54. The van der Waals surface area contributed by atoms with Gasteiger partial charge in [-0.3, -0.25) is 4.90 Å². The van der Waals surface area contributed by atoms with E-state index in [2.05, 4.69) is 28.6 Å². The van der Waals surface area contributed by atoms with Crippen molar-refractivity contribution in [2.45, 2.75) is 39.0 Å². The van der Waals surface area contributed by atoms with Crippen molar-refractivity contribution in [2.75, 3.05) is 32.8 Å². The van der Waals surface area contributed by atoms with Crippen LogP contribution in [0.25, 0.3) is 0 Å². The Hall–Kier alpha value is -1.11. The second-order valence-electron chi connectivity index (χ2n) is 6.25. The number of urea groups is 1. The Morgan fingerprint density at radius 2 is 2.41 bits per heavy atom. The van der Waals surface area contributed by atoms with E-state index in [-0.39, 0.29) is 12.1 Å². The number of morpholine rings is 1. The molecule has 2 aliphatic heterocycles. The molecule has 2 amide bonds. The van der Waals surface area contributed by atoms with Crippen LogP contribution in [-0.2, 0) is 17.7 Å². The topological polar surface area (TPSA) is 44.8 Å². The van der Waals surface area contributed by atoms with Gasteiger partial charge < -0.3 is 15.0 Å². The van der Waals surface area contributed by atoms with E-state index < -0.39 is 0 Å². The maximum atomic E-state index is 12.2. The molecule has 6 heteroatoms. The predicted octanol–water partition coefficient (Wildman–Crippen LogP) is 1.92. The van der Waals surface area contributed by atoms with Crippen LogP contribution in [0.1, 0.15) is 24.3 Å². The summed E-state index contributed by atoms with van der Waals surface area (Å²) in [5.41, 5.74) is 1.46. The molecule has 0 saturated carbocycles. The molecule has 122 valence electrons. The summed E-state index contributed by atoms with van der Waals surface area (Å²) in [6, 6.07) is 2.62. The fourth-order valence-electron chi connectivity index (χ4n) is 3.13. The Balaban J connectivity index is 1.46. The minimum absolute atomic E-state index is 0.0373. The van der Waals surface area contributed by atoms with Gasteiger partial charge in [0.1, 0.15) is 0 Å². The van der Waals surface area contributed by atoms with E-state index in [9.17, 15) is 4.79 Å². The third kappa shape index (κ3) is 3.62. The van der Waals surface area contributed by atoms with E-state index in [4.69, 9.17) is 4.74 Å². The monoisotopic (exact) mass is 323 g/mol. The SMILES string of the molecule is C[C@@H]1CN(C(=O)NC[C@@H](C)N2CCc3sccc3C2)CCO1. The normalized spacial score (nSPS) is 23.9. The molecule has 0 bridgehead atoms. The summed E-state index contributed by atoms with van der Waals surface area (Å²) in [6.07, 6.45) is 1.27. The highest BCUT2D eigenvalue weighted by Crippen LogP contribution is 2.24. The predicted molar refractivity (Wildman–Crippen MR) is 88.3 cm³/mol. The number of carbonyl (C=O) groups excluding carboxylic acids is 1. The highest BCUT2D eigenvalue weighted by Gasteiger charge is 2.24. The molecule has 0 unspecified atom stereocenters. The number of carbonyl (C=O) groups is 1. The number of nitrogens with one attached hydrogen (secondary N) is 1. The first kappa shape index (κ1) is 15.8. The molecule has 0 radical (unpaired) electrons. The van der Waals surface area contributed by atoms with Crippen molar-refractivity contribution >= 4 is 17.4 Å². The van der Waals surface area contributed by atoms with E-state index >= 15 is 0 Å². The molecule has 0 aromatic carbocycles. The van der Waals surface area contributed by atoms with Gasteiger partial charge in [-0.05, 0) is 37.3 Å². The zero-order valence-electron chi connectivity index (χ0n) is 13.4. The molecule has 0 spiro atoms. The van der Waals surface area contributed by atoms with Crippen molar-refractivity contribution in [3.63, 3.8) is 0 Å². The molecule has 1 fully saturated rings. The van der Waals surface area contributed by atoms with Gasteiger partial charge in [0.15, 0.2) is 0 Å². The van der Waals surface area contributed by atoms with Gasteiger partial charge in [-0.25, -0.2) is 4.79 Å². The third-order valence-corrected chi connectivity index (χ3v) is 5.56. The lowest BCUT2D eigenvalue weighted by Gasteiger charge is -2.34. The van der Waals surface area contributed by atoms with Crippen molar-refractivity contribution in [3.05, 3.63) is 21.9 Å². The van der Waals surface area contributed by atoms with Crippen LogP contribution in [0.4, 0.5) is 4.79 Å². The molecule has 1 saturated heterocycles. The fourth-order valence-corrected chi connectivity index (χ4v) is 4.02. The first-order valence-corrected chi connectivity index (χ1v) is 8.95. The summed E-state index contributed by atoms with van der Waals surface area (Å²) in [6.45, 7) is 8.99. The van der Waals surface area contributed by atoms with Gasteiger partial charge in [-0.15, -0.1) is 11.3 Å². The van der Waals surface area contributed by atoms with E-state index in [1.807, 2.05) is 23.2 Å². The van der Waals surface area contributed by atoms with Crippen molar-refractivity contribution in [3.8, 4) is 0 Å². The van der Waals surface area contributed by atoms with Gasteiger partial charge in [0.25, 0.3) is 0 Å². The zero-order valence-corrected chi connectivity index (χ0v) is 14.2. The van der Waals surface area contributed by atoms with E-state index in [1.54, 1.807) is 0 Å².